The van der Waals surface area contributed by atoms with Gasteiger partial charge in [-0.1, -0.05) is 15.9 Å². The molecule has 0 aliphatic rings. The minimum atomic E-state index is -1.22. The number of anilines is 1. The van der Waals surface area contributed by atoms with Crippen molar-refractivity contribution >= 4 is 33.7 Å². The maximum Gasteiger partial charge on any atom is 0.269 e. The monoisotopic (exact) mass is 350 g/mol. The van der Waals surface area contributed by atoms with Crippen molar-refractivity contribution in [3.05, 3.63) is 68.7 Å². The van der Waals surface area contributed by atoms with Crippen LogP contribution in [0.1, 0.15) is 11.8 Å². The number of hydrogen-bond donors (Lipinski definition) is 1. The van der Waals surface area contributed by atoms with E-state index in [0.29, 0.717) is 17.7 Å². The molecule has 1 atom stereocenters. The molecule has 108 valence electrons. The Hall–Kier alpha value is -2.25. The Kier molecular flexibility index (Phi) is 4.66. The number of nitrogens with zero attached hydrogens (tertiary/aromatic N) is 2. The average molecular weight is 351 g/mol. The number of nitro groups is 1. The van der Waals surface area contributed by atoms with Gasteiger partial charge in [-0.05, 0) is 36.4 Å². The fraction of sp³-hybridized carbons (Fsp3) is 0.0714. The van der Waals surface area contributed by atoms with E-state index in [9.17, 15) is 20.0 Å². The summed E-state index contributed by atoms with van der Waals surface area (Å²) >= 11 is 3.29. The van der Waals surface area contributed by atoms with Crippen molar-refractivity contribution in [2.24, 2.45) is 0 Å². The maximum absolute atomic E-state index is 11.2. The standard InChI is InChI=1S/C14H11BrN2O4/c15-11-3-7-12(8-4-11)16(9-18)14(19)10-1-5-13(6-2-10)17(20)21/h1-9,14,19H. The molecule has 0 radical (unpaired) electrons. The second kappa shape index (κ2) is 6.47. The summed E-state index contributed by atoms with van der Waals surface area (Å²) in [7, 11) is 0. The molecule has 0 aliphatic carbocycles. The van der Waals surface area contributed by atoms with Gasteiger partial charge < -0.3 is 5.11 Å². The summed E-state index contributed by atoms with van der Waals surface area (Å²) in [5.41, 5.74) is 0.821. The highest BCUT2D eigenvalue weighted by atomic mass is 79.9. The van der Waals surface area contributed by atoms with Crippen molar-refractivity contribution in [3.8, 4) is 0 Å². The van der Waals surface area contributed by atoms with Gasteiger partial charge in [0, 0.05) is 27.9 Å². The Bertz CT molecular complexity index is 643. The molecular formula is C14H11BrN2O4. The lowest BCUT2D eigenvalue weighted by molar-refractivity contribution is -0.384. The first-order valence-corrected chi connectivity index (χ1v) is 6.74. The number of hydrogen-bond acceptors (Lipinski definition) is 4. The summed E-state index contributed by atoms with van der Waals surface area (Å²) in [5, 5.41) is 20.8. The first kappa shape index (κ1) is 15.1. The van der Waals surface area contributed by atoms with E-state index in [2.05, 4.69) is 15.9 Å². The number of aliphatic hydroxyl groups is 1. The van der Waals surface area contributed by atoms with Gasteiger partial charge in [-0.25, -0.2) is 0 Å². The number of carbonyl (C=O) groups is 1. The number of amides is 1. The fourth-order valence-corrected chi connectivity index (χ4v) is 2.07. The summed E-state index contributed by atoms with van der Waals surface area (Å²) < 4.78 is 0.849. The van der Waals surface area contributed by atoms with Gasteiger partial charge in [-0.2, -0.15) is 0 Å². The third-order valence-electron chi connectivity index (χ3n) is 2.90. The molecule has 1 N–H and O–H groups in total. The zero-order chi connectivity index (χ0) is 15.4. The van der Waals surface area contributed by atoms with Gasteiger partial charge in [-0.3, -0.25) is 19.8 Å². The van der Waals surface area contributed by atoms with Gasteiger partial charge in [0.05, 0.1) is 4.92 Å². The second-order valence-corrected chi connectivity index (χ2v) is 5.13. The molecule has 0 fully saturated rings. The molecule has 1 unspecified atom stereocenters. The Labute approximate surface area is 128 Å². The number of carbonyl (C=O) groups excluding carboxylic acids is 1. The van der Waals surface area contributed by atoms with E-state index >= 15 is 0 Å². The molecule has 7 heteroatoms. The van der Waals surface area contributed by atoms with E-state index in [-0.39, 0.29) is 5.69 Å². The number of aliphatic hydroxyl groups excluding tert-OH is 1. The van der Waals surface area contributed by atoms with Crippen molar-refractivity contribution in [2.75, 3.05) is 4.90 Å². The van der Waals surface area contributed by atoms with Crippen LogP contribution in [-0.4, -0.2) is 16.4 Å². The van der Waals surface area contributed by atoms with Crippen LogP contribution in [-0.2, 0) is 4.79 Å². The van der Waals surface area contributed by atoms with E-state index in [0.717, 1.165) is 9.37 Å². The van der Waals surface area contributed by atoms with Crippen molar-refractivity contribution in [1.29, 1.82) is 0 Å². The summed E-state index contributed by atoms with van der Waals surface area (Å²) in [6.45, 7) is 0. The van der Waals surface area contributed by atoms with Gasteiger partial charge >= 0.3 is 0 Å². The lowest BCUT2D eigenvalue weighted by Crippen LogP contribution is -2.26. The average Bonchev–Trinajstić information content (AvgIpc) is 2.50. The molecule has 0 bridgehead atoms. The minimum absolute atomic E-state index is 0.0766. The van der Waals surface area contributed by atoms with Crippen LogP contribution < -0.4 is 4.90 Å². The molecule has 2 rings (SSSR count). The molecule has 0 heterocycles. The summed E-state index contributed by atoms with van der Waals surface area (Å²) in [6.07, 6.45) is -0.709. The van der Waals surface area contributed by atoms with Crippen LogP contribution in [0.2, 0.25) is 0 Å². The zero-order valence-corrected chi connectivity index (χ0v) is 12.3. The van der Waals surface area contributed by atoms with Gasteiger partial charge in [-0.15, -0.1) is 0 Å². The summed E-state index contributed by atoms with van der Waals surface area (Å²) in [4.78, 5) is 22.4. The number of non-ortho nitro benzene ring substituents is 1. The molecule has 2 aromatic carbocycles. The first-order valence-electron chi connectivity index (χ1n) is 5.94. The molecule has 0 saturated heterocycles. The van der Waals surface area contributed by atoms with Crippen LogP contribution >= 0.6 is 15.9 Å². The Morgan fingerprint density at radius 2 is 1.71 bits per heavy atom. The molecule has 0 spiro atoms. The predicted molar refractivity (Wildman–Crippen MR) is 80.7 cm³/mol. The minimum Gasteiger partial charge on any atom is -0.369 e. The van der Waals surface area contributed by atoms with E-state index in [1.165, 1.54) is 24.3 Å². The fourth-order valence-electron chi connectivity index (χ4n) is 1.80. The van der Waals surface area contributed by atoms with Gasteiger partial charge in [0.25, 0.3) is 5.69 Å². The third kappa shape index (κ3) is 3.45. The number of halogens is 1. The zero-order valence-electron chi connectivity index (χ0n) is 10.7. The smallest absolute Gasteiger partial charge is 0.269 e. The van der Waals surface area contributed by atoms with E-state index in [1.54, 1.807) is 24.3 Å². The second-order valence-electron chi connectivity index (χ2n) is 4.21. The molecule has 2 aromatic rings. The van der Waals surface area contributed by atoms with E-state index in [4.69, 9.17) is 0 Å². The van der Waals surface area contributed by atoms with Crippen LogP contribution in [0, 0.1) is 10.1 Å². The quantitative estimate of drug-likeness (QED) is 0.388. The Balaban J connectivity index is 2.27. The van der Waals surface area contributed by atoms with Crippen molar-refractivity contribution < 1.29 is 14.8 Å². The molecule has 0 aliphatic heterocycles. The van der Waals surface area contributed by atoms with Crippen LogP contribution in [0.3, 0.4) is 0 Å². The Morgan fingerprint density at radius 1 is 1.14 bits per heavy atom. The topological polar surface area (TPSA) is 83.7 Å². The molecule has 0 aromatic heterocycles. The SMILES string of the molecule is O=CN(c1ccc(Br)cc1)C(O)c1ccc([N+](=O)[O-])cc1. The van der Waals surface area contributed by atoms with Crippen LogP contribution in [0.15, 0.2) is 53.0 Å². The highest BCUT2D eigenvalue weighted by Crippen LogP contribution is 2.26. The van der Waals surface area contributed by atoms with Crippen LogP contribution in [0.4, 0.5) is 11.4 Å². The summed E-state index contributed by atoms with van der Waals surface area (Å²) in [6, 6.07) is 12.2. The van der Waals surface area contributed by atoms with Crippen molar-refractivity contribution in [3.63, 3.8) is 0 Å². The molecular weight excluding hydrogens is 340 g/mol. The Morgan fingerprint density at radius 3 is 2.19 bits per heavy atom. The predicted octanol–water partition coefficient (Wildman–Crippen LogP) is 3.01. The van der Waals surface area contributed by atoms with Gasteiger partial charge in [0.2, 0.25) is 6.41 Å². The number of benzene rings is 2. The molecule has 21 heavy (non-hydrogen) atoms. The number of nitro benzene ring substituents is 1. The highest BCUT2D eigenvalue weighted by Gasteiger charge is 2.18. The first-order chi connectivity index (χ1) is 10.0. The van der Waals surface area contributed by atoms with E-state index < -0.39 is 11.2 Å². The van der Waals surface area contributed by atoms with Gasteiger partial charge in [0.1, 0.15) is 0 Å². The summed E-state index contributed by atoms with van der Waals surface area (Å²) in [5.74, 6) is 0. The van der Waals surface area contributed by atoms with E-state index in [1.807, 2.05) is 0 Å². The van der Waals surface area contributed by atoms with Crippen LogP contribution in [0.25, 0.3) is 0 Å². The van der Waals surface area contributed by atoms with Crippen molar-refractivity contribution in [2.45, 2.75) is 6.23 Å². The normalized spacial score (nSPS) is 11.7. The van der Waals surface area contributed by atoms with Gasteiger partial charge in [0.15, 0.2) is 6.23 Å². The van der Waals surface area contributed by atoms with Crippen LogP contribution in [0.5, 0.6) is 0 Å². The highest BCUT2D eigenvalue weighted by molar-refractivity contribution is 9.10. The molecule has 6 nitrogen and oxygen atoms in total. The third-order valence-corrected chi connectivity index (χ3v) is 3.43. The van der Waals surface area contributed by atoms with Crippen molar-refractivity contribution in [1.82, 2.24) is 0 Å². The molecule has 0 saturated carbocycles. The largest absolute Gasteiger partial charge is 0.369 e. The number of rotatable bonds is 5. The molecule has 1 amide bonds. The maximum atomic E-state index is 11.2. The lowest BCUT2D eigenvalue weighted by Gasteiger charge is -2.24. The lowest BCUT2D eigenvalue weighted by atomic mass is 10.1.